The molecule has 0 saturated carbocycles. The molecule has 19 heavy (non-hydrogen) atoms. The van der Waals surface area contributed by atoms with Crippen LogP contribution < -0.4 is 11.1 Å². The van der Waals surface area contributed by atoms with Gasteiger partial charge in [0.05, 0.1) is 11.9 Å². The van der Waals surface area contributed by atoms with Crippen LogP contribution in [0.1, 0.15) is 30.3 Å². The van der Waals surface area contributed by atoms with Crippen molar-refractivity contribution in [2.45, 2.75) is 38.6 Å². The molecule has 1 heterocycles. The number of nitrogens with zero attached hydrogens (tertiary/aromatic N) is 1. The molecule has 0 fully saturated rings. The summed E-state index contributed by atoms with van der Waals surface area (Å²) in [6, 6.07) is 0.641. The number of aryl methyl sites for hydroxylation is 1. The van der Waals surface area contributed by atoms with E-state index in [1.165, 1.54) is 23.4 Å². The normalized spacial score (nSPS) is 18.4. The number of thiazole rings is 1. The van der Waals surface area contributed by atoms with Crippen LogP contribution in [0.25, 0.3) is 0 Å². The summed E-state index contributed by atoms with van der Waals surface area (Å²) < 4.78 is 25.9. The molecule has 0 bridgehead atoms. The predicted molar refractivity (Wildman–Crippen MR) is 78.1 cm³/mol. The molecule has 0 aliphatic heterocycles. The highest BCUT2D eigenvalue weighted by atomic mass is 32.2. The molecule has 0 unspecified atom stereocenters. The van der Waals surface area contributed by atoms with Crippen LogP contribution in [0.2, 0.25) is 0 Å². The first kappa shape index (κ1) is 16.4. The van der Waals surface area contributed by atoms with Crippen molar-refractivity contribution in [3.63, 3.8) is 0 Å². The Labute approximate surface area is 118 Å². The molecule has 4 N–H and O–H groups in total. The highest BCUT2D eigenvalue weighted by Crippen LogP contribution is 2.27. The minimum Gasteiger partial charge on any atom is -0.375 e. The molecule has 1 aliphatic rings. The van der Waals surface area contributed by atoms with Gasteiger partial charge in [0.1, 0.15) is 0 Å². The molecule has 1 aliphatic carbocycles. The van der Waals surface area contributed by atoms with Crippen molar-refractivity contribution in [3.8, 4) is 0 Å². The largest absolute Gasteiger partial charge is 0.375 e. The quantitative estimate of drug-likeness (QED) is 0.722. The Morgan fingerprint density at radius 2 is 2.21 bits per heavy atom. The van der Waals surface area contributed by atoms with Gasteiger partial charge in [0.2, 0.25) is 0 Å². The van der Waals surface area contributed by atoms with E-state index in [0.717, 1.165) is 24.5 Å². The SMILES string of the molecule is CCCN[C@@H]1CCc2nc(N)sc2C1.CS(=O)(=O)O. The summed E-state index contributed by atoms with van der Waals surface area (Å²) in [6.45, 7) is 3.32. The van der Waals surface area contributed by atoms with Crippen LogP contribution in [0, 0.1) is 0 Å². The molecule has 6 nitrogen and oxygen atoms in total. The number of aromatic nitrogens is 1. The number of nitrogens with one attached hydrogen (secondary N) is 1. The van der Waals surface area contributed by atoms with Gasteiger partial charge in [-0.15, -0.1) is 11.3 Å². The third kappa shape index (κ3) is 6.86. The number of rotatable bonds is 3. The predicted octanol–water partition coefficient (Wildman–Crippen LogP) is 1.09. The lowest BCUT2D eigenvalue weighted by Crippen LogP contribution is -2.34. The van der Waals surface area contributed by atoms with Gasteiger partial charge in [0.25, 0.3) is 10.1 Å². The third-order valence-corrected chi connectivity index (χ3v) is 3.59. The number of nitrogen functional groups attached to an aromatic ring is 1. The Bertz CT molecular complexity index is 491. The van der Waals surface area contributed by atoms with Crippen LogP contribution in [-0.2, 0) is 23.0 Å². The minimum atomic E-state index is -3.67. The topological polar surface area (TPSA) is 105 Å². The number of fused-ring (bicyclic) bond motifs is 1. The molecule has 0 spiro atoms. The smallest absolute Gasteiger partial charge is 0.261 e. The molecule has 110 valence electrons. The fourth-order valence-electron chi connectivity index (χ4n) is 1.92. The van der Waals surface area contributed by atoms with Crippen molar-refractivity contribution in [1.29, 1.82) is 0 Å². The average Bonchev–Trinajstić information content (AvgIpc) is 2.63. The average molecular weight is 307 g/mol. The lowest BCUT2D eigenvalue weighted by Gasteiger charge is -2.21. The van der Waals surface area contributed by atoms with Gasteiger partial charge in [-0.25, -0.2) is 4.98 Å². The van der Waals surface area contributed by atoms with E-state index in [4.69, 9.17) is 10.3 Å². The molecule has 0 amide bonds. The first-order valence-electron chi connectivity index (χ1n) is 6.19. The first-order chi connectivity index (χ1) is 8.79. The van der Waals surface area contributed by atoms with Crippen LogP contribution in [0.3, 0.4) is 0 Å². The monoisotopic (exact) mass is 307 g/mol. The fraction of sp³-hybridized carbons (Fsp3) is 0.727. The molecule has 8 heteroatoms. The number of hydrogen-bond donors (Lipinski definition) is 3. The first-order valence-corrected chi connectivity index (χ1v) is 8.86. The molecule has 0 saturated heterocycles. The maximum absolute atomic E-state index is 9.19. The van der Waals surface area contributed by atoms with Gasteiger partial charge in [0.15, 0.2) is 5.13 Å². The van der Waals surface area contributed by atoms with E-state index in [1.807, 2.05) is 0 Å². The molecule has 1 aromatic rings. The highest BCUT2D eigenvalue weighted by molar-refractivity contribution is 7.85. The molecular weight excluding hydrogens is 286 g/mol. The van der Waals surface area contributed by atoms with Crippen molar-refractivity contribution in [2.75, 3.05) is 18.5 Å². The second-order valence-corrected chi connectivity index (χ2v) is 7.13. The van der Waals surface area contributed by atoms with E-state index in [-0.39, 0.29) is 0 Å². The maximum Gasteiger partial charge on any atom is 0.261 e. The molecule has 1 aromatic heterocycles. The van der Waals surface area contributed by atoms with E-state index in [9.17, 15) is 8.42 Å². The van der Waals surface area contributed by atoms with E-state index < -0.39 is 10.1 Å². The van der Waals surface area contributed by atoms with Crippen LogP contribution in [0.15, 0.2) is 0 Å². The summed E-state index contributed by atoms with van der Waals surface area (Å²) in [6.07, 6.45) is 5.33. The summed E-state index contributed by atoms with van der Waals surface area (Å²) >= 11 is 1.65. The van der Waals surface area contributed by atoms with Crippen LogP contribution in [-0.4, -0.2) is 36.8 Å². The summed E-state index contributed by atoms with van der Waals surface area (Å²) in [5, 5.41) is 4.29. The van der Waals surface area contributed by atoms with Crippen molar-refractivity contribution in [3.05, 3.63) is 10.6 Å². The third-order valence-electron chi connectivity index (χ3n) is 2.64. The van der Waals surface area contributed by atoms with Crippen LogP contribution in [0.4, 0.5) is 5.13 Å². The molecule has 2 rings (SSSR count). The van der Waals surface area contributed by atoms with Crippen molar-refractivity contribution in [2.24, 2.45) is 0 Å². The number of anilines is 1. The van der Waals surface area contributed by atoms with Gasteiger partial charge in [-0.2, -0.15) is 8.42 Å². The van der Waals surface area contributed by atoms with Crippen molar-refractivity contribution in [1.82, 2.24) is 10.3 Å². The Kier molecular flexibility index (Phi) is 6.18. The minimum absolute atomic E-state index is 0.641. The molecule has 1 atom stereocenters. The highest BCUT2D eigenvalue weighted by Gasteiger charge is 2.21. The summed E-state index contributed by atoms with van der Waals surface area (Å²) in [5.41, 5.74) is 6.93. The fourth-order valence-corrected chi connectivity index (χ4v) is 2.88. The van der Waals surface area contributed by atoms with E-state index >= 15 is 0 Å². The van der Waals surface area contributed by atoms with Crippen LogP contribution >= 0.6 is 11.3 Å². The molecule has 0 radical (unpaired) electrons. The zero-order valence-corrected chi connectivity index (χ0v) is 12.9. The van der Waals surface area contributed by atoms with Crippen molar-refractivity contribution >= 4 is 26.6 Å². The molecular formula is C11H21N3O3S2. The van der Waals surface area contributed by atoms with Crippen molar-refractivity contribution < 1.29 is 13.0 Å². The zero-order valence-electron chi connectivity index (χ0n) is 11.2. The molecule has 0 aromatic carbocycles. The van der Waals surface area contributed by atoms with Gasteiger partial charge in [-0.1, -0.05) is 6.92 Å². The second kappa shape index (κ2) is 7.18. The summed E-state index contributed by atoms with van der Waals surface area (Å²) in [7, 11) is -3.67. The lowest BCUT2D eigenvalue weighted by atomic mass is 9.98. The van der Waals surface area contributed by atoms with Gasteiger partial charge < -0.3 is 11.1 Å². The van der Waals surface area contributed by atoms with Gasteiger partial charge >= 0.3 is 0 Å². The maximum atomic E-state index is 9.19. The van der Waals surface area contributed by atoms with E-state index in [2.05, 4.69) is 17.2 Å². The number of hydrogen-bond acceptors (Lipinski definition) is 6. The summed E-state index contributed by atoms with van der Waals surface area (Å²) in [4.78, 5) is 5.73. The summed E-state index contributed by atoms with van der Waals surface area (Å²) in [5.74, 6) is 0. The van der Waals surface area contributed by atoms with Gasteiger partial charge in [-0.3, -0.25) is 4.55 Å². The zero-order chi connectivity index (χ0) is 14.5. The second-order valence-electron chi connectivity index (χ2n) is 4.55. The van der Waals surface area contributed by atoms with Gasteiger partial charge in [-0.05, 0) is 32.2 Å². The van der Waals surface area contributed by atoms with E-state index in [0.29, 0.717) is 12.3 Å². The standard InChI is InChI=1S/C10H17N3S.CH4O3S/c1-2-5-12-7-3-4-8-9(6-7)14-10(11)13-8;1-5(2,3)4/h7,12H,2-6H2,1H3,(H2,11,13);1H3,(H,2,3,4)/t7-;/m1./s1. The van der Waals surface area contributed by atoms with Crippen LogP contribution in [0.5, 0.6) is 0 Å². The van der Waals surface area contributed by atoms with E-state index in [1.54, 1.807) is 11.3 Å². The Morgan fingerprint density at radius 3 is 2.79 bits per heavy atom. The van der Waals surface area contributed by atoms with Gasteiger partial charge in [0, 0.05) is 10.9 Å². The Balaban J connectivity index is 0.000000312. The lowest BCUT2D eigenvalue weighted by molar-refractivity contribution is 0.460. The Morgan fingerprint density at radius 1 is 1.58 bits per heavy atom. The Hall–Kier alpha value is -0.700. The number of nitrogens with two attached hydrogens (primary N) is 1.